The van der Waals surface area contributed by atoms with E-state index in [9.17, 15) is 24.1 Å². The van der Waals surface area contributed by atoms with Gasteiger partial charge in [0.1, 0.15) is 12.2 Å². The highest BCUT2D eigenvalue weighted by molar-refractivity contribution is 7.59. The number of carbonyl (C=O) groups excluding carboxylic acids is 2. The number of unbranched alkanes of at least 4 members (excludes halogenated alkanes) is 1. The number of nitrogens with zero attached hydrogens (tertiary/aromatic N) is 1. The van der Waals surface area contributed by atoms with Crippen LogP contribution in [0.2, 0.25) is 0 Å². The second kappa shape index (κ2) is 15.0. The van der Waals surface area contributed by atoms with Gasteiger partial charge >= 0.3 is 11.9 Å². The normalized spacial score (nSPS) is 22.4. The van der Waals surface area contributed by atoms with E-state index >= 15 is 0 Å². The number of carboxylic acid groups (broad SMARTS) is 1. The number of amides is 1. The van der Waals surface area contributed by atoms with Crippen LogP contribution in [0, 0.1) is 17.8 Å². The summed E-state index contributed by atoms with van der Waals surface area (Å²) in [5, 5.41) is 9.92. The lowest BCUT2D eigenvalue weighted by Crippen LogP contribution is -2.42. The van der Waals surface area contributed by atoms with Crippen LogP contribution in [0.1, 0.15) is 84.1 Å². The van der Waals surface area contributed by atoms with E-state index in [1.165, 1.54) is 16.9 Å². The van der Waals surface area contributed by atoms with Crippen molar-refractivity contribution < 1.29 is 33.3 Å². The molecule has 2 fully saturated rings. The van der Waals surface area contributed by atoms with Crippen LogP contribution in [0.4, 0.5) is 0 Å². The molecule has 0 spiro atoms. The smallest absolute Gasteiger partial charge is 0.326 e. The van der Waals surface area contributed by atoms with E-state index < -0.39 is 37.5 Å². The summed E-state index contributed by atoms with van der Waals surface area (Å²) in [6.07, 6.45) is 7.12. The Morgan fingerprint density at radius 3 is 2.36 bits per heavy atom. The molecule has 4 atom stereocenters. The van der Waals surface area contributed by atoms with Gasteiger partial charge in [-0.1, -0.05) is 83.2 Å². The second-order valence-corrected chi connectivity index (χ2v) is 14.1. The predicted molar refractivity (Wildman–Crippen MR) is 151 cm³/mol. The zero-order chi connectivity index (χ0) is 28.4. The molecule has 0 radical (unpaired) electrons. The quantitative estimate of drug-likeness (QED) is 0.126. The second-order valence-electron chi connectivity index (χ2n) is 11.5. The number of benzene rings is 1. The molecular formula is C30H46NO7P. The first kappa shape index (κ1) is 31.3. The predicted octanol–water partition coefficient (Wildman–Crippen LogP) is 6.12. The number of hydrogen-bond acceptors (Lipinski definition) is 6. The monoisotopic (exact) mass is 563 g/mol. The minimum absolute atomic E-state index is 0.149. The molecule has 1 aromatic rings. The summed E-state index contributed by atoms with van der Waals surface area (Å²) in [6, 6.07) is 9.10. The number of hydrogen-bond donors (Lipinski definition) is 1. The highest BCUT2D eigenvalue weighted by atomic mass is 31.2. The molecule has 8 nitrogen and oxygen atoms in total. The van der Waals surface area contributed by atoms with E-state index in [1.54, 1.807) is 6.92 Å². The summed E-state index contributed by atoms with van der Waals surface area (Å²) in [5.74, 6) is -1.61. The molecule has 3 rings (SSSR count). The zero-order valence-corrected chi connectivity index (χ0v) is 24.7. The zero-order valence-electron chi connectivity index (χ0n) is 23.8. The van der Waals surface area contributed by atoms with Gasteiger partial charge in [0.2, 0.25) is 19.6 Å². The third-order valence-corrected chi connectivity index (χ3v) is 10.4. The third-order valence-electron chi connectivity index (χ3n) is 8.07. The first-order valence-corrected chi connectivity index (χ1v) is 16.6. The number of ether oxygens (including phenoxy) is 1. The molecule has 0 bridgehead atoms. The van der Waals surface area contributed by atoms with Crippen molar-refractivity contribution in [2.24, 2.45) is 17.8 Å². The topological polar surface area (TPSA) is 110 Å². The van der Waals surface area contributed by atoms with Gasteiger partial charge < -0.3 is 14.7 Å². The van der Waals surface area contributed by atoms with Crippen LogP contribution < -0.4 is 0 Å². The summed E-state index contributed by atoms with van der Waals surface area (Å²) >= 11 is 0. The molecule has 1 aromatic carbocycles. The maximum Gasteiger partial charge on any atom is 0.326 e. The van der Waals surface area contributed by atoms with Crippen LogP contribution in [0.15, 0.2) is 30.3 Å². The van der Waals surface area contributed by atoms with Crippen LogP contribution in [-0.2, 0) is 34.6 Å². The van der Waals surface area contributed by atoms with Gasteiger partial charge in [0.25, 0.3) is 0 Å². The van der Waals surface area contributed by atoms with Gasteiger partial charge in [-0.15, -0.1) is 0 Å². The standard InChI is InChI=1S/C30H46NO7P/c1-4-28(33)37-30(22(2)3)38-39(36,18-12-11-15-23-13-7-5-8-14-23)21-27(32)31-20-25(19-26(31)29(34)35)24-16-9-6-10-17-24/h5,7-8,13-14,22,24-26,30H,4,6,9-12,15-21H2,1-3H3,(H,34,35)/t25-,26+,30?,39+/m1/s1. The van der Waals surface area contributed by atoms with Crippen LogP contribution in [0.5, 0.6) is 0 Å². The van der Waals surface area contributed by atoms with E-state index in [0.29, 0.717) is 25.3 Å². The Bertz CT molecular complexity index is 992. The van der Waals surface area contributed by atoms with E-state index in [1.807, 2.05) is 44.2 Å². The van der Waals surface area contributed by atoms with E-state index in [-0.39, 0.29) is 30.6 Å². The SMILES string of the molecule is CCC(=O)OC(O[P@@](=O)(CCCCc1ccccc1)CC(=O)N1C[C@H](C2CCCCC2)C[C@H]1C(=O)O)C(C)C. The summed E-state index contributed by atoms with van der Waals surface area (Å²) in [7, 11) is -3.60. The van der Waals surface area contributed by atoms with Crippen molar-refractivity contribution in [1.29, 1.82) is 0 Å². The summed E-state index contributed by atoms with van der Waals surface area (Å²) in [4.78, 5) is 39.2. The van der Waals surface area contributed by atoms with Crippen LogP contribution in [0.3, 0.4) is 0 Å². The summed E-state index contributed by atoms with van der Waals surface area (Å²) in [5.41, 5.74) is 1.18. The molecular weight excluding hydrogens is 517 g/mol. The minimum Gasteiger partial charge on any atom is -0.480 e. The van der Waals surface area contributed by atoms with Crippen molar-refractivity contribution in [3.63, 3.8) is 0 Å². The third kappa shape index (κ3) is 9.46. The Morgan fingerprint density at radius 1 is 1.05 bits per heavy atom. The average molecular weight is 564 g/mol. The Balaban J connectivity index is 1.73. The van der Waals surface area contributed by atoms with E-state index in [0.717, 1.165) is 38.5 Å². The van der Waals surface area contributed by atoms with Gasteiger partial charge in [-0.05, 0) is 43.1 Å². The van der Waals surface area contributed by atoms with Crippen molar-refractivity contribution in [2.75, 3.05) is 18.9 Å². The molecule has 1 aliphatic carbocycles. The molecule has 1 unspecified atom stereocenters. The number of carboxylic acids is 1. The lowest BCUT2D eigenvalue weighted by Gasteiger charge is -2.30. The number of aliphatic carboxylic acids is 1. The number of likely N-dealkylation sites (tertiary alicyclic amines) is 1. The van der Waals surface area contributed by atoms with Gasteiger partial charge in [-0.3, -0.25) is 18.7 Å². The number of rotatable bonds is 14. The Kier molecular flexibility index (Phi) is 12.1. The minimum atomic E-state index is -3.60. The fraction of sp³-hybridized carbons (Fsp3) is 0.700. The van der Waals surface area contributed by atoms with Gasteiger partial charge in [0, 0.05) is 25.0 Å². The largest absolute Gasteiger partial charge is 0.480 e. The van der Waals surface area contributed by atoms with Crippen LogP contribution in [0.25, 0.3) is 0 Å². The number of carbonyl (C=O) groups is 3. The van der Waals surface area contributed by atoms with Gasteiger partial charge in [-0.25, -0.2) is 4.79 Å². The highest BCUT2D eigenvalue weighted by Crippen LogP contribution is 2.51. The summed E-state index contributed by atoms with van der Waals surface area (Å²) < 4.78 is 25.7. The number of esters is 1. The van der Waals surface area contributed by atoms with Crippen molar-refractivity contribution in [2.45, 2.75) is 97.3 Å². The lowest BCUT2D eigenvalue weighted by molar-refractivity contribution is -0.169. The highest BCUT2D eigenvalue weighted by Gasteiger charge is 2.44. The molecule has 9 heteroatoms. The van der Waals surface area contributed by atoms with Crippen molar-refractivity contribution in [1.82, 2.24) is 4.90 Å². The van der Waals surface area contributed by atoms with E-state index in [2.05, 4.69) is 0 Å². The van der Waals surface area contributed by atoms with Crippen molar-refractivity contribution in [3.8, 4) is 0 Å². The molecule has 1 N–H and O–H groups in total. The van der Waals surface area contributed by atoms with Gasteiger partial charge in [-0.2, -0.15) is 0 Å². The Morgan fingerprint density at radius 2 is 1.74 bits per heavy atom. The number of aryl methyl sites for hydroxylation is 1. The molecule has 1 heterocycles. The Labute approximate surface area is 233 Å². The maximum absolute atomic E-state index is 14.2. The van der Waals surface area contributed by atoms with Gasteiger partial charge in [0.15, 0.2) is 0 Å². The molecule has 1 saturated heterocycles. The van der Waals surface area contributed by atoms with Crippen LogP contribution >= 0.6 is 7.37 Å². The maximum atomic E-state index is 14.2. The Hall–Kier alpha value is -2.18. The average Bonchev–Trinajstić information content (AvgIpc) is 3.38. The first-order valence-electron chi connectivity index (χ1n) is 14.6. The van der Waals surface area contributed by atoms with Crippen molar-refractivity contribution in [3.05, 3.63) is 35.9 Å². The molecule has 1 aliphatic heterocycles. The molecule has 1 saturated carbocycles. The molecule has 2 aliphatic rings. The molecule has 1 amide bonds. The molecule has 0 aromatic heterocycles. The fourth-order valence-electron chi connectivity index (χ4n) is 5.80. The van der Waals surface area contributed by atoms with Crippen molar-refractivity contribution >= 4 is 25.2 Å². The van der Waals surface area contributed by atoms with E-state index in [4.69, 9.17) is 9.26 Å². The fourth-order valence-corrected chi connectivity index (χ4v) is 8.10. The lowest BCUT2D eigenvalue weighted by atomic mass is 9.79. The molecule has 39 heavy (non-hydrogen) atoms. The first-order chi connectivity index (χ1) is 18.6. The van der Waals surface area contributed by atoms with Crippen LogP contribution in [-0.4, -0.2) is 59.1 Å². The molecule has 218 valence electrons. The summed E-state index contributed by atoms with van der Waals surface area (Å²) in [6.45, 7) is 5.68. The van der Waals surface area contributed by atoms with Gasteiger partial charge in [0.05, 0.1) is 0 Å².